The number of hydrogen-bond acceptors (Lipinski definition) is 3. The highest BCUT2D eigenvalue weighted by Crippen LogP contribution is 2.28. The summed E-state index contributed by atoms with van der Waals surface area (Å²) in [5.74, 6) is -1.44. The lowest BCUT2D eigenvalue weighted by atomic mass is 10.1. The Bertz CT molecular complexity index is 378. The van der Waals surface area contributed by atoms with E-state index in [0.717, 1.165) is 12.1 Å². The summed E-state index contributed by atoms with van der Waals surface area (Å²) in [5.41, 5.74) is 0.584. The van der Waals surface area contributed by atoms with E-state index in [1.54, 1.807) is 0 Å². The van der Waals surface area contributed by atoms with Gasteiger partial charge in [0.25, 0.3) is 0 Å². The highest BCUT2D eigenvalue weighted by Gasteiger charge is 2.21. The second kappa shape index (κ2) is 4.76. The van der Waals surface area contributed by atoms with Gasteiger partial charge >= 0.3 is 0 Å². The molecule has 0 aromatic heterocycles. The maximum Gasteiger partial charge on any atom is 0.162 e. The van der Waals surface area contributed by atoms with Gasteiger partial charge in [0.1, 0.15) is 5.75 Å². The molecule has 1 aromatic rings. The first-order chi connectivity index (χ1) is 7.72. The fraction of sp³-hybridized carbons (Fsp3) is 0.455. The molecule has 0 amide bonds. The molecule has 0 radical (unpaired) electrons. The van der Waals surface area contributed by atoms with Gasteiger partial charge in [0.05, 0.1) is 26.4 Å². The smallest absolute Gasteiger partial charge is 0.162 e. The lowest BCUT2D eigenvalue weighted by Crippen LogP contribution is -2.34. The average Bonchev–Trinajstić information content (AvgIpc) is 2.33. The van der Waals surface area contributed by atoms with Crippen LogP contribution in [0.5, 0.6) is 5.75 Å². The first-order valence-corrected chi connectivity index (χ1v) is 5.06. The van der Waals surface area contributed by atoms with Crippen molar-refractivity contribution in [2.24, 2.45) is 0 Å². The number of morpholine rings is 1. The van der Waals surface area contributed by atoms with Gasteiger partial charge in [-0.1, -0.05) is 0 Å². The van der Waals surface area contributed by atoms with Crippen LogP contribution >= 0.6 is 0 Å². The predicted molar refractivity (Wildman–Crippen MR) is 54.5 cm³/mol. The number of halogens is 2. The molecule has 1 N–H and O–H groups in total. The maximum atomic E-state index is 13.2. The Hall–Kier alpha value is -1.20. The Morgan fingerprint density at radius 3 is 2.75 bits per heavy atom. The van der Waals surface area contributed by atoms with Gasteiger partial charge in [0, 0.05) is 18.2 Å². The summed E-state index contributed by atoms with van der Waals surface area (Å²) in [6, 6.07) is 2.06. The predicted octanol–water partition coefficient (Wildman–Crippen LogP) is 1.63. The van der Waals surface area contributed by atoms with E-state index in [1.165, 1.54) is 7.11 Å². The highest BCUT2D eigenvalue weighted by molar-refractivity contribution is 5.37. The van der Waals surface area contributed by atoms with E-state index < -0.39 is 11.6 Å². The molecule has 88 valence electrons. The summed E-state index contributed by atoms with van der Waals surface area (Å²) in [5, 5.41) is 3.16. The Kier molecular flexibility index (Phi) is 3.36. The van der Waals surface area contributed by atoms with Gasteiger partial charge in [-0.15, -0.1) is 0 Å². The van der Waals surface area contributed by atoms with Crippen LogP contribution in [0.3, 0.4) is 0 Å². The molecule has 5 heteroatoms. The molecule has 0 aliphatic carbocycles. The highest BCUT2D eigenvalue weighted by atomic mass is 19.2. The topological polar surface area (TPSA) is 30.5 Å². The molecule has 1 unspecified atom stereocenters. The van der Waals surface area contributed by atoms with Crippen molar-refractivity contribution in [2.45, 2.75) is 6.04 Å². The third-order valence-electron chi connectivity index (χ3n) is 2.57. The number of benzene rings is 1. The van der Waals surface area contributed by atoms with Crippen LogP contribution in [0.4, 0.5) is 8.78 Å². The molecular weight excluding hydrogens is 216 g/mol. The molecule has 1 aromatic carbocycles. The van der Waals surface area contributed by atoms with E-state index in [4.69, 9.17) is 9.47 Å². The number of nitrogens with one attached hydrogen (secondary N) is 1. The quantitative estimate of drug-likeness (QED) is 0.836. The van der Waals surface area contributed by atoms with E-state index in [9.17, 15) is 8.78 Å². The lowest BCUT2D eigenvalue weighted by molar-refractivity contribution is 0.0759. The van der Waals surface area contributed by atoms with Crippen LogP contribution < -0.4 is 10.1 Å². The molecule has 16 heavy (non-hydrogen) atoms. The summed E-state index contributed by atoms with van der Waals surface area (Å²) >= 11 is 0. The Morgan fingerprint density at radius 1 is 1.38 bits per heavy atom. The Balaban J connectivity index is 2.33. The fourth-order valence-corrected chi connectivity index (χ4v) is 1.76. The van der Waals surface area contributed by atoms with Gasteiger partial charge in [-0.25, -0.2) is 8.78 Å². The molecule has 1 heterocycles. The van der Waals surface area contributed by atoms with Crippen LogP contribution in [-0.2, 0) is 4.74 Å². The van der Waals surface area contributed by atoms with E-state index in [0.29, 0.717) is 31.1 Å². The normalized spacial score (nSPS) is 20.8. The number of methoxy groups -OCH3 is 1. The van der Waals surface area contributed by atoms with Crippen LogP contribution in [-0.4, -0.2) is 26.9 Å². The molecule has 1 saturated heterocycles. The van der Waals surface area contributed by atoms with Crippen molar-refractivity contribution < 1.29 is 18.3 Å². The van der Waals surface area contributed by atoms with Gasteiger partial charge in [-0.2, -0.15) is 0 Å². The number of ether oxygens (including phenoxy) is 2. The third kappa shape index (κ3) is 2.15. The van der Waals surface area contributed by atoms with E-state index in [2.05, 4.69) is 5.32 Å². The zero-order valence-corrected chi connectivity index (χ0v) is 8.93. The van der Waals surface area contributed by atoms with Gasteiger partial charge in [0.2, 0.25) is 0 Å². The SMILES string of the molecule is COc1cc(F)c(F)cc1C1COCCN1. The van der Waals surface area contributed by atoms with Crippen LogP contribution in [0.15, 0.2) is 12.1 Å². The van der Waals surface area contributed by atoms with Gasteiger partial charge in [-0.05, 0) is 6.07 Å². The van der Waals surface area contributed by atoms with E-state index >= 15 is 0 Å². The van der Waals surface area contributed by atoms with Crippen molar-refractivity contribution in [3.8, 4) is 5.75 Å². The first-order valence-electron chi connectivity index (χ1n) is 5.06. The van der Waals surface area contributed by atoms with Crippen molar-refractivity contribution in [1.29, 1.82) is 0 Å². The molecule has 0 saturated carbocycles. The third-order valence-corrected chi connectivity index (χ3v) is 2.57. The van der Waals surface area contributed by atoms with Crippen LogP contribution in [0.2, 0.25) is 0 Å². The van der Waals surface area contributed by atoms with Crippen LogP contribution in [0, 0.1) is 11.6 Å². The van der Waals surface area contributed by atoms with Crippen LogP contribution in [0.1, 0.15) is 11.6 Å². The van der Waals surface area contributed by atoms with Crippen molar-refractivity contribution in [3.05, 3.63) is 29.3 Å². The minimum Gasteiger partial charge on any atom is -0.496 e. The average molecular weight is 229 g/mol. The van der Waals surface area contributed by atoms with Gasteiger partial charge in [-0.3, -0.25) is 0 Å². The minimum atomic E-state index is -0.905. The van der Waals surface area contributed by atoms with Crippen LogP contribution in [0.25, 0.3) is 0 Å². The molecular formula is C11H13F2NO2. The summed E-state index contributed by atoms with van der Waals surface area (Å²) in [6.45, 7) is 1.75. The first kappa shape index (κ1) is 11.3. The summed E-state index contributed by atoms with van der Waals surface area (Å²) in [4.78, 5) is 0. The van der Waals surface area contributed by atoms with Crippen molar-refractivity contribution >= 4 is 0 Å². The summed E-state index contributed by atoms with van der Waals surface area (Å²) in [6.07, 6.45) is 0. The second-order valence-corrected chi connectivity index (χ2v) is 3.59. The summed E-state index contributed by atoms with van der Waals surface area (Å²) < 4.78 is 36.5. The molecule has 1 atom stereocenters. The zero-order chi connectivity index (χ0) is 11.5. The minimum absolute atomic E-state index is 0.154. The summed E-state index contributed by atoms with van der Waals surface area (Å²) in [7, 11) is 1.43. The molecule has 0 bridgehead atoms. The maximum absolute atomic E-state index is 13.2. The van der Waals surface area contributed by atoms with Gasteiger partial charge < -0.3 is 14.8 Å². The largest absolute Gasteiger partial charge is 0.496 e. The lowest BCUT2D eigenvalue weighted by Gasteiger charge is -2.25. The zero-order valence-electron chi connectivity index (χ0n) is 8.93. The molecule has 3 nitrogen and oxygen atoms in total. The van der Waals surface area contributed by atoms with Crippen molar-refractivity contribution in [2.75, 3.05) is 26.9 Å². The fourth-order valence-electron chi connectivity index (χ4n) is 1.76. The molecule has 1 aliphatic rings. The molecule has 2 rings (SSSR count). The monoisotopic (exact) mass is 229 g/mol. The Morgan fingerprint density at radius 2 is 2.12 bits per heavy atom. The second-order valence-electron chi connectivity index (χ2n) is 3.59. The molecule has 1 aliphatic heterocycles. The van der Waals surface area contributed by atoms with Gasteiger partial charge in [0.15, 0.2) is 11.6 Å². The molecule has 1 fully saturated rings. The van der Waals surface area contributed by atoms with E-state index in [-0.39, 0.29) is 6.04 Å². The van der Waals surface area contributed by atoms with E-state index in [1.807, 2.05) is 0 Å². The van der Waals surface area contributed by atoms with Crippen molar-refractivity contribution in [1.82, 2.24) is 5.32 Å². The number of rotatable bonds is 2. The Labute approximate surface area is 92.4 Å². The van der Waals surface area contributed by atoms with Crippen molar-refractivity contribution in [3.63, 3.8) is 0 Å². The standard InChI is InChI=1S/C11H13F2NO2/c1-15-11-5-9(13)8(12)4-7(11)10-6-16-3-2-14-10/h4-5,10,14H,2-3,6H2,1H3. The number of hydrogen-bond donors (Lipinski definition) is 1. The molecule has 0 spiro atoms.